The summed E-state index contributed by atoms with van der Waals surface area (Å²) in [5.74, 6) is -1.00. The van der Waals surface area contributed by atoms with Gasteiger partial charge < -0.3 is 24.2 Å². The largest absolute Gasteiger partial charge is 0.472 e. The molecule has 2 aliphatic rings. The van der Waals surface area contributed by atoms with E-state index >= 15 is 0 Å². The van der Waals surface area contributed by atoms with Gasteiger partial charge in [0.2, 0.25) is 0 Å². The number of rotatable bonds is 10. The van der Waals surface area contributed by atoms with Crippen molar-refractivity contribution in [3.05, 3.63) is 0 Å². The van der Waals surface area contributed by atoms with E-state index in [1.807, 2.05) is 27.7 Å². The van der Waals surface area contributed by atoms with Crippen LogP contribution in [-0.2, 0) is 27.8 Å². The molecule has 0 amide bonds. The fourth-order valence-corrected chi connectivity index (χ4v) is 4.49. The lowest BCUT2D eigenvalue weighted by molar-refractivity contribution is -0.0567. The van der Waals surface area contributed by atoms with Crippen LogP contribution in [0.15, 0.2) is 0 Å². The molecular weight excluding hydrogens is 385 g/mol. The molecule has 2 rings (SSSR count). The van der Waals surface area contributed by atoms with Crippen LogP contribution in [-0.4, -0.2) is 81.5 Å². The van der Waals surface area contributed by atoms with Gasteiger partial charge in [-0.2, -0.15) is 0 Å². The molecule has 158 valence electrons. The standard InChI is InChI=1S/C17H31B2O8P/c1-9(2)23-8-15-14(6-16(19)26-15)27-28(21,22)24-7-11-13(25-10(3)4)5-12(18)17(11)20/h9-17,20H,5-8H2,1-4H3,(H,21,22)/t11-,12+,13-,14-,15-,16-,17?/m1/s1. The second kappa shape index (κ2) is 10.4. The number of phosphoric acid groups is 1. The van der Waals surface area contributed by atoms with E-state index in [4.69, 9.17) is 39.0 Å². The molecule has 8 nitrogen and oxygen atoms in total. The summed E-state index contributed by atoms with van der Waals surface area (Å²) in [5, 5.41) is 10.3. The minimum Gasteiger partial charge on any atom is -0.393 e. The molecule has 2 unspecified atom stereocenters. The molecular formula is C17H31B2O8P. The zero-order valence-corrected chi connectivity index (χ0v) is 17.9. The Balaban J connectivity index is 1.92. The first kappa shape index (κ1) is 24.4. The predicted molar refractivity (Wildman–Crippen MR) is 104 cm³/mol. The van der Waals surface area contributed by atoms with Gasteiger partial charge >= 0.3 is 7.82 Å². The highest BCUT2D eigenvalue weighted by atomic mass is 31.2. The maximum Gasteiger partial charge on any atom is 0.472 e. The summed E-state index contributed by atoms with van der Waals surface area (Å²) in [6.45, 7) is 7.47. The Kier molecular flexibility index (Phi) is 9.05. The molecule has 8 atom stereocenters. The molecule has 2 fully saturated rings. The number of phosphoric ester groups is 1. The van der Waals surface area contributed by atoms with Gasteiger partial charge in [-0.3, -0.25) is 9.05 Å². The topological polar surface area (TPSA) is 104 Å². The molecule has 0 bridgehead atoms. The fraction of sp³-hybridized carbons (Fsp3) is 1.00. The summed E-state index contributed by atoms with van der Waals surface area (Å²) in [7, 11) is 7.27. The summed E-state index contributed by atoms with van der Waals surface area (Å²) >= 11 is 0. The van der Waals surface area contributed by atoms with Crippen molar-refractivity contribution >= 4 is 23.5 Å². The van der Waals surface area contributed by atoms with Gasteiger partial charge in [0, 0.05) is 11.9 Å². The van der Waals surface area contributed by atoms with Crippen LogP contribution in [0.1, 0.15) is 40.5 Å². The Morgan fingerprint density at radius 2 is 1.79 bits per heavy atom. The van der Waals surface area contributed by atoms with E-state index in [2.05, 4.69) is 0 Å². The average molecular weight is 416 g/mol. The smallest absolute Gasteiger partial charge is 0.393 e. The summed E-state index contributed by atoms with van der Waals surface area (Å²) in [4.78, 5) is 10.2. The number of ether oxygens (including phenoxy) is 3. The second-order valence-corrected chi connectivity index (χ2v) is 9.42. The zero-order valence-electron chi connectivity index (χ0n) is 17.0. The van der Waals surface area contributed by atoms with Crippen LogP contribution in [0.2, 0.25) is 5.82 Å². The lowest BCUT2D eigenvalue weighted by Crippen LogP contribution is -2.32. The molecule has 2 N–H and O–H groups in total. The van der Waals surface area contributed by atoms with Crippen molar-refractivity contribution in [1.82, 2.24) is 0 Å². The fourth-order valence-electron chi connectivity index (χ4n) is 3.51. The molecule has 1 aliphatic carbocycles. The van der Waals surface area contributed by atoms with Gasteiger partial charge in [-0.1, -0.05) is 0 Å². The molecule has 1 saturated heterocycles. The average Bonchev–Trinajstić information content (AvgIpc) is 3.02. The van der Waals surface area contributed by atoms with Crippen LogP contribution >= 0.6 is 7.82 Å². The normalized spacial score (nSPS) is 38.4. The highest BCUT2D eigenvalue weighted by Crippen LogP contribution is 2.49. The molecule has 0 aromatic heterocycles. The van der Waals surface area contributed by atoms with E-state index in [-0.39, 0.29) is 37.9 Å². The molecule has 4 radical (unpaired) electrons. The summed E-state index contributed by atoms with van der Waals surface area (Å²) in [6, 6.07) is -0.607. The summed E-state index contributed by atoms with van der Waals surface area (Å²) in [5.41, 5.74) is 0. The molecule has 1 heterocycles. The lowest BCUT2D eigenvalue weighted by Gasteiger charge is -2.26. The van der Waals surface area contributed by atoms with Crippen molar-refractivity contribution in [1.29, 1.82) is 0 Å². The van der Waals surface area contributed by atoms with Crippen molar-refractivity contribution < 1.29 is 37.8 Å². The number of hydrogen-bond donors (Lipinski definition) is 2. The van der Waals surface area contributed by atoms with Crippen molar-refractivity contribution in [3.8, 4) is 0 Å². The van der Waals surface area contributed by atoms with Crippen LogP contribution in [0.4, 0.5) is 0 Å². The first-order valence-corrected chi connectivity index (χ1v) is 11.3. The van der Waals surface area contributed by atoms with Crippen LogP contribution in [0.25, 0.3) is 0 Å². The number of hydrogen-bond acceptors (Lipinski definition) is 7. The van der Waals surface area contributed by atoms with Gasteiger partial charge in [-0.25, -0.2) is 4.57 Å². The third-order valence-corrected chi connectivity index (χ3v) is 5.84. The predicted octanol–water partition coefficient (Wildman–Crippen LogP) is 1.33. The van der Waals surface area contributed by atoms with Crippen molar-refractivity contribution in [2.24, 2.45) is 5.92 Å². The number of aliphatic hydroxyl groups excluding tert-OH is 1. The molecule has 1 saturated carbocycles. The molecule has 28 heavy (non-hydrogen) atoms. The minimum absolute atomic E-state index is 0.0239. The highest BCUT2D eigenvalue weighted by molar-refractivity contribution is 7.47. The van der Waals surface area contributed by atoms with E-state index in [1.165, 1.54) is 0 Å². The first-order chi connectivity index (χ1) is 13.0. The SMILES string of the molecule is [B][C@H]1C[C@@H](OP(=O)(O)OC[C@H]2C(O)[C@@H]([B])C[C@H]2OC(C)C)[C@@H](COC(C)C)O1. The monoisotopic (exact) mass is 416 g/mol. The zero-order chi connectivity index (χ0) is 21.1. The quantitative estimate of drug-likeness (QED) is 0.406. The first-order valence-electron chi connectivity index (χ1n) is 9.76. The third-order valence-electron chi connectivity index (χ3n) is 4.83. The second-order valence-electron chi connectivity index (χ2n) is 8.02. The van der Waals surface area contributed by atoms with Gasteiger partial charge in [-0.15, -0.1) is 0 Å². The molecule has 0 spiro atoms. The van der Waals surface area contributed by atoms with Gasteiger partial charge in [0.25, 0.3) is 0 Å². The Bertz CT molecular complexity index is 535. The van der Waals surface area contributed by atoms with Crippen molar-refractivity contribution in [3.63, 3.8) is 0 Å². The van der Waals surface area contributed by atoms with Crippen molar-refractivity contribution in [2.45, 2.75) is 89.0 Å². The van der Waals surface area contributed by atoms with E-state index in [1.54, 1.807) is 0 Å². The van der Waals surface area contributed by atoms with E-state index in [0.717, 1.165) is 0 Å². The van der Waals surface area contributed by atoms with Gasteiger partial charge in [0.05, 0.1) is 51.6 Å². The lowest BCUT2D eigenvalue weighted by atomic mass is 9.83. The van der Waals surface area contributed by atoms with Crippen LogP contribution in [0, 0.1) is 5.92 Å². The van der Waals surface area contributed by atoms with Crippen LogP contribution < -0.4 is 0 Å². The maximum absolute atomic E-state index is 12.5. The number of aliphatic hydroxyl groups is 1. The summed E-state index contributed by atoms with van der Waals surface area (Å²) < 4.78 is 39.7. The van der Waals surface area contributed by atoms with Gasteiger partial charge in [0.1, 0.15) is 14.0 Å². The van der Waals surface area contributed by atoms with E-state index in [9.17, 15) is 14.6 Å². The minimum atomic E-state index is -4.41. The Labute approximate surface area is 170 Å². The van der Waals surface area contributed by atoms with Crippen molar-refractivity contribution in [2.75, 3.05) is 13.2 Å². The Hall–Kier alpha value is 0.0799. The highest BCUT2D eigenvalue weighted by Gasteiger charge is 2.44. The third kappa shape index (κ3) is 7.10. The molecule has 0 aromatic rings. The van der Waals surface area contributed by atoms with E-state index < -0.39 is 43.9 Å². The molecule has 11 heteroatoms. The van der Waals surface area contributed by atoms with Crippen LogP contribution in [0.5, 0.6) is 0 Å². The maximum atomic E-state index is 12.5. The summed E-state index contributed by atoms with van der Waals surface area (Å²) in [6.07, 6.45) is -1.95. The van der Waals surface area contributed by atoms with Crippen LogP contribution in [0.3, 0.4) is 0 Å². The Morgan fingerprint density at radius 3 is 2.39 bits per heavy atom. The van der Waals surface area contributed by atoms with Gasteiger partial charge in [0.15, 0.2) is 0 Å². The van der Waals surface area contributed by atoms with E-state index in [0.29, 0.717) is 6.42 Å². The molecule has 1 aliphatic heterocycles. The molecule has 0 aromatic carbocycles. The Morgan fingerprint density at radius 1 is 1.11 bits per heavy atom. The van der Waals surface area contributed by atoms with Gasteiger partial charge in [-0.05, 0) is 46.4 Å².